The number of benzene rings is 13. The first-order valence-electron chi connectivity index (χ1n) is 28.6. The molecule has 0 fully saturated rings. The third-order valence-electron chi connectivity index (χ3n) is 17.6. The molecular formula is C80H54N2O. The van der Waals surface area contributed by atoms with Crippen LogP contribution in [0.2, 0.25) is 0 Å². The molecule has 2 aliphatic carbocycles. The lowest BCUT2D eigenvalue weighted by Crippen LogP contribution is -2.29. The second-order valence-corrected chi connectivity index (χ2v) is 21.9. The number of hydrogen-bond donors (Lipinski definition) is 0. The fourth-order valence-corrected chi connectivity index (χ4v) is 14.1. The number of furan rings is 1. The second kappa shape index (κ2) is 19.5. The molecule has 0 N–H and O–H groups in total. The van der Waals surface area contributed by atoms with Gasteiger partial charge in [-0.1, -0.05) is 249 Å². The van der Waals surface area contributed by atoms with Gasteiger partial charge >= 0.3 is 0 Å². The third kappa shape index (κ3) is 7.52. The average molecular weight is 1060 g/mol. The van der Waals surface area contributed by atoms with E-state index in [4.69, 9.17) is 4.42 Å². The summed E-state index contributed by atoms with van der Waals surface area (Å²) in [4.78, 5) is 4.84. The van der Waals surface area contributed by atoms with Crippen LogP contribution in [0.4, 0.5) is 34.1 Å². The Hall–Kier alpha value is -10.7. The fraction of sp³-hybridized carbons (Fsp3) is 0.0250. The summed E-state index contributed by atoms with van der Waals surface area (Å²) < 4.78 is 6.60. The molecular weight excluding hydrogens is 1000 g/mol. The summed E-state index contributed by atoms with van der Waals surface area (Å²) in [5, 5.41) is 2.19. The van der Waals surface area contributed by atoms with Crippen LogP contribution in [0, 0.1) is 0 Å². The molecule has 13 aromatic carbocycles. The molecule has 3 heteroatoms. The van der Waals surface area contributed by atoms with E-state index in [1.54, 1.807) is 0 Å². The summed E-state index contributed by atoms with van der Waals surface area (Å²) in [5.74, 6) is 0. The Balaban J connectivity index is 0.932. The molecule has 3 nitrogen and oxygen atoms in total. The largest absolute Gasteiger partial charge is 0.456 e. The van der Waals surface area contributed by atoms with Crippen molar-refractivity contribution in [3.63, 3.8) is 0 Å². The highest BCUT2D eigenvalue weighted by molar-refractivity contribution is 6.06. The first-order valence-corrected chi connectivity index (χ1v) is 28.6. The van der Waals surface area contributed by atoms with Crippen molar-refractivity contribution in [1.82, 2.24) is 0 Å². The SMILES string of the molecule is c1ccc(-c2ccc(N(c3cccc(N(c4cccc(C5(c6ccccc6)c6ccccc6-c6ccccc65)c4)c4ccc5c(c4)-c4ccccc4C5(c4ccccc4)c4ccccc4)c3)c3ccc4c(c3)oc3ccccc34)cc2)cc1. The van der Waals surface area contributed by atoms with Gasteiger partial charge in [-0.05, 0) is 151 Å². The minimum absolute atomic E-state index is 0.541. The Morgan fingerprint density at radius 1 is 0.217 bits per heavy atom. The van der Waals surface area contributed by atoms with Crippen LogP contribution in [0.25, 0.3) is 55.3 Å². The zero-order chi connectivity index (χ0) is 54.9. The zero-order valence-corrected chi connectivity index (χ0v) is 45.5. The monoisotopic (exact) mass is 1060 g/mol. The van der Waals surface area contributed by atoms with Gasteiger partial charge in [-0.3, -0.25) is 0 Å². The van der Waals surface area contributed by atoms with E-state index < -0.39 is 10.8 Å². The van der Waals surface area contributed by atoms with Crippen LogP contribution in [0.1, 0.15) is 44.5 Å². The molecule has 2 aliphatic rings. The Labute approximate surface area is 483 Å². The van der Waals surface area contributed by atoms with Gasteiger partial charge in [-0.25, -0.2) is 0 Å². The molecule has 83 heavy (non-hydrogen) atoms. The molecule has 0 unspecified atom stereocenters. The summed E-state index contributed by atoms with van der Waals surface area (Å²) in [6.07, 6.45) is 0. The van der Waals surface area contributed by atoms with Crippen LogP contribution in [-0.2, 0) is 10.8 Å². The first-order chi connectivity index (χ1) is 41.2. The van der Waals surface area contributed by atoms with Crippen molar-refractivity contribution in [2.45, 2.75) is 10.8 Å². The van der Waals surface area contributed by atoms with Gasteiger partial charge < -0.3 is 14.2 Å². The predicted octanol–water partition coefficient (Wildman–Crippen LogP) is 20.9. The second-order valence-electron chi connectivity index (χ2n) is 21.9. The lowest BCUT2D eigenvalue weighted by molar-refractivity contribution is 0.669. The maximum atomic E-state index is 6.60. The zero-order valence-electron chi connectivity index (χ0n) is 45.5. The van der Waals surface area contributed by atoms with Crippen molar-refractivity contribution in [3.05, 3.63) is 372 Å². The summed E-state index contributed by atoms with van der Waals surface area (Å²) in [6, 6.07) is 120. The molecule has 0 bridgehead atoms. The molecule has 0 aliphatic heterocycles. The molecule has 14 aromatic rings. The van der Waals surface area contributed by atoms with Crippen LogP contribution < -0.4 is 9.80 Å². The average Bonchev–Trinajstić information content (AvgIpc) is 2.25. The number of fused-ring (bicyclic) bond motifs is 9. The summed E-state index contributed by atoms with van der Waals surface area (Å²) in [7, 11) is 0. The van der Waals surface area contributed by atoms with E-state index in [1.165, 1.54) is 72.3 Å². The van der Waals surface area contributed by atoms with E-state index in [0.717, 1.165) is 61.6 Å². The maximum absolute atomic E-state index is 6.60. The van der Waals surface area contributed by atoms with Crippen LogP contribution in [0.3, 0.4) is 0 Å². The minimum atomic E-state index is -0.599. The Kier molecular flexibility index (Phi) is 11.3. The van der Waals surface area contributed by atoms with Gasteiger partial charge in [0, 0.05) is 51.0 Å². The van der Waals surface area contributed by atoms with Crippen LogP contribution in [-0.4, -0.2) is 0 Å². The highest BCUT2D eigenvalue weighted by atomic mass is 16.3. The molecule has 0 atom stereocenters. The number of anilines is 6. The third-order valence-corrected chi connectivity index (χ3v) is 17.6. The van der Waals surface area contributed by atoms with E-state index in [1.807, 2.05) is 6.07 Å². The van der Waals surface area contributed by atoms with E-state index in [-0.39, 0.29) is 0 Å². The summed E-state index contributed by atoms with van der Waals surface area (Å²) in [6.45, 7) is 0. The smallest absolute Gasteiger partial charge is 0.137 e. The lowest BCUT2D eigenvalue weighted by atomic mass is 9.67. The molecule has 16 rings (SSSR count). The molecule has 1 aromatic heterocycles. The van der Waals surface area contributed by atoms with Crippen LogP contribution in [0.15, 0.2) is 332 Å². The molecule has 0 spiro atoms. The quantitative estimate of drug-likeness (QED) is 0.129. The highest BCUT2D eigenvalue weighted by Crippen LogP contribution is 2.59. The van der Waals surface area contributed by atoms with Gasteiger partial charge in [0.25, 0.3) is 0 Å². The van der Waals surface area contributed by atoms with Gasteiger partial charge in [-0.15, -0.1) is 0 Å². The molecule has 390 valence electrons. The summed E-state index contributed by atoms with van der Waals surface area (Å²) >= 11 is 0. The minimum Gasteiger partial charge on any atom is -0.456 e. The topological polar surface area (TPSA) is 19.6 Å². The van der Waals surface area contributed by atoms with Crippen molar-refractivity contribution >= 4 is 56.1 Å². The number of para-hydroxylation sites is 1. The van der Waals surface area contributed by atoms with Crippen molar-refractivity contribution in [2.24, 2.45) is 0 Å². The van der Waals surface area contributed by atoms with Crippen LogP contribution in [0.5, 0.6) is 0 Å². The van der Waals surface area contributed by atoms with E-state index >= 15 is 0 Å². The molecule has 0 radical (unpaired) electrons. The first kappa shape index (κ1) is 48.2. The number of nitrogens with zero attached hydrogens (tertiary/aromatic N) is 2. The van der Waals surface area contributed by atoms with Crippen molar-refractivity contribution in [1.29, 1.82) is 0 Å². The molecule has 1 heterocycles. The predicted molar refractivity (Wildman–Crippen MR) is 343 cm³/mol. The van der Waals surface area contributed by atoms with E-state index in [2.05, 4.69) is 331 Å². The Morgan fingerprint density at radius 3 is 1.20 bits per heavy atom. The maximum Gasteiger partial charge on any atom is 0.137 e. The van der Waals surface area contributed by atoms with Crippen molar-refractivity contribution in [2.75, 3.05) is 9.80 Å². The van der Waals surface area contributed by atoms with Gasteiger partial charge in [0.05, 0.1) is 10.8 Å². The fourth-order valence-electron chi connectivity index (χ4n) is 14.1. The van der Waals surface area contributed by atoms with Crippen LogP contribution >= 0.6 is 0 Å². The van der Waals surface area contributed by atoms with Crippen molar-refractivity contribution in [3.8, 4) is 33.4 Å². The molecule has 0 saturated carbocycles. The van der Waals surface area contributed by atoms with E-state index in [0.29, 0.717) is 0 Å². The Bertz CT molecular complexity index is 4650. The van der Waals surface area contributed by atoms with E-state index in [9.17, 15) is 0 Å². The highest BCUT2D eigenvalue weighted by Gasteiger charge is 2.48. The molecule has 0 amide bonds. The van der Waals surface area contributed by atoms with Crippen molar-refractivity contribution < 1.29 is 4.42 Å². The number of rotatable bonds is 11. The van der Waals surface area contributed by atoms with Gasteiger partial charge in [-0.2, -0.15) is 0 Å². The van der Waals surface area contributed by atoms with Gasteiger partial charge in [0.2, 0.25) is 0 Å². The van der Waals surface area contributed by atoms with Gasteiger partial charge in [0.15, 0.2) is 0 Å². The molecule has 0 saturated heterocycles. The Morgan fingerprint density at radius 2 is 0.602 bits per heavy atom. The lowest BCUT2D eigenvalue weighted by Gasteiger charge is -2.35. The number of hydrogen-bond acceptors (Lipinski definition) is 3. The van der Waals surface area contributed by atoms with Gasteiger partial charge in [0.1, 0.15) is 11.2 Å². The standard InChI is InChI=1S/C80H54N2O/c1-5-23-55(24-6-1)56-43-45-61(46-44-56)81(66-47-49-71-70-38-16-20-42-77(70)83-78(71)54-66)63-33-22-34-64(52-63)82(62-32-21-31-60(51-62)80(59-29-11-4-12-30-59)73-39-17-13-35-67(73)68-36-14-18-40-74(68)80)65-48-50-76-72(53-65)69-37-15-19-41-75(69)79(76,57-25-7-2-8-26-57)58-27-9-3-10-28-58/h1-54H. The normalized spacial score (nSPS) is 13.3. The summed E-state index contributed by atoms with van der Waals surface area (Å²) in [5.41, 5.74) is 24.0.